The monoisotopic (exact) mass is 273 g/mol. The molecule has 0 unspecified atom stereocenters. The molecule has 1 aromatic heterocycles. The Kier molecular flexibility index (Phi) is 3.47. The highest BCUT2D eigenvalue weighted by molar-refractivity contribution is 5.45. The molecule has 20 heavy (non-hydrogen) atoms. The van der Waals surface area contributed by atoms with Gasteiger partial charge in [-0.2, -0.15) is 4.98 Å². The van der Waals surface area contributed by atoms with E-state index >= 15 is 0 Å². The molecule has 3 rings (SSSR count). The summed E-state index contributed by atoms with van der Waals surface area (Å²) in [4.78, 5) is 10.7. The third-order valence-corrected chi connectivity index (χ3v) is 3.24. The van der Waals surface area contributed by atoms with Crippen molar-refractivity contribution in [1.82, 2.24) is 9.97 Å². The van der Waals surface area contributed by atoms with E-state index in [4.69, 9.17) is 5.73 Å². The minimum absolute atomic E-state index is 0.235. The number of nitrogens with one attached hydrogen (secondary N) is 1. The zero-order valence-corrected chi connectivity index (χ0v) is 11.0. The zero-order chi connectivity index (χ0) is 13.9. The molecule has 0 saturated carbocycles. The van der Waals surface area contributed by atoms with Gasteiger partial charge in [-0.1, -0.05) is 12.1 Å². The van der Waals surface area contributed by atoms with Crippen LogP contribution in [0.2, 0.25) is 0 Å². The Labute approximate surface area is 116 Å². The predicted octanol–water partition coefficient (Wildman–Crippen LogP) is 1.38. The van der Waals surface area contributed by atoms with Crippen LogP contribution in [0.5, 0.6) is 0 Å². The number of rotatable bonds is 4. The van der Waals surface area contributed by atoms with Gasteiger partial charge in [0.05, 0.1) is 0 Å². The average Bonchev–Trinajstić information content (AvgIpc) is 2.44. The van der Waals surface area contributed by atoms with E-state index in [0.29, 0.717) is 12.5 Å². The molecule has 0 radical (unpaired) electrons. The molecule has 1 fully saturated rings. The molecule has 0 spiro atoms. The van der Waals surface area contributed by atoms with E-state index in [1.807, 2.05) is 6.07 Å². The number of benzene rings is 1. The zero-order valence-electron chi connectivity index (χ0n) is 11.0. The number of hydrogen-bond acceptors (Lipinski definition) is 5. The summed E-state index contributed by atoms with van der Waals surface area (Å²) < 4.78 is 12.8. The molecular formula is C14H16FN5. The van der Waals surface area contributed by atoms with E-state index < -0.39 is 0 Å². The summed E-state index contributed by atoms with van der Waals surface area (Å²) in [5.74, 6) is 1.21. The van der Waals surface area contributed by atoms with E-state index in [1.165, 1.54) is 12.1 Å². The molecule has 2 heterocycles. The van der Waals surface area contributed by atoms with Crippen molar-refractivity contribution in [2.75, 3.05) is 23.3 Å². The largest absolute Gasteiger partial charge is 0.353 e. The highest BCUT2D eigenvalue weighted by atomic mass is 19.1. The van der Waals surface area contributed by atoms with Gasteiger partial charge < -0.3 is 16.0 Å². The Bertz CT molecular complexity index is 580. The van der Waals surface area contributed by atoms with Crippen molar-refractivity contribution in [1.29, 1.82) is 0 Å². The summed E-state index contributed by atoms with van der Waals surface area (Å²) in [5.41, 5.74) is 6.74. The molecule has 1 aromatic carbocycles. The van der Waals surface area contributed by atoms with Crippen LogP contribution in [0, 0.1) is 5.82 Å². The van der Waals surface area contributed by atoms with Crippen LogP contribution in [-0.4, -0.2) is 29.1 Å². The van der Waals surface area contributed by atoms with E-state index in [0.717, 1.165) is 24.5 Å². The van der Waals surface area contributed by atoms with E-state index in [1.54, 1.807) is 18.3 Å². The van der Waals surface area contributed by atoms with Gasteiger partial charge in [0.25, 0.3) is 0 Å². The van der Waals surface area contributed by atoms with Gasteiger partial charge in [-0.3, -0.25) is 0 Å². The Morgan fingerprint density at radius 1 is 1.25 bits per heavy atom. The van der Waals surface area contributed by atoms with Crippen molar-refractivity contribution < 1.29 is 4.39 Å². The van der Waals surface area contributed by atoms with Gasteiger partial charge in [0.2, 0.25) is 5.95 Å². The SMILES string of the molecule is NC1CN(c2ccnc(NCc3ccc(F)cc3)n2)C1. The van der Waals surface area contributed by atoms with Gasteiger partial charge in [0.1, 0.15) is 11.6 Å². The van der Waals surface area contributed by atoms with Crippen molar-refractivity contribution >= 4 is 11.8 Å². The number of halogens is 1. The van der Waals surface area contributed by atoms with Gasteiger partial charge in [-0.25, -0.2) is 9.37 Å². The van der Waals surface area contributed by atoms with E-state index in [2.05, 4.69) is 20.2 Å². The minimum Gasteiger partial charge on any atom is -0.353 e. The molecular weight excluding hydrogens is 257 g/mol. The van der Waals surface area contributed by atoms with Gasteiger partial charge in [-0.15, -0.1) is 0 Å². The highest BCUT2D eigenvalue weighted by Crippen LogP contribution is 2.18. The van der Waals surface area contributed by atoms with Gasteiger partial charge in [0.15, 0.2) is 0 Å². The Balaban J connectivity index is 1.62. The normalized spacial score (nSPS) is 15.0. The van der Waals surface area contributed by atoms with Crippen molar-refractivity contribution in [3.8, 4) is 0 Å². The Morgan fingerprint density at radius 3 is 2.70 bits per heavy atom. The lowest BCUT2D eigenvalue weighted by Crippen LogP contribution is -2.56. The molecule has 6 heteroatoms. The maximum Gasteiger partial charge on any atom is 0.224 e. The second-order valence-corrected chi connectivity index (χ2v) is 4.88. The Hall–Kier alpha value is -2.21. The van der Waals surface area contributed by atoms with Crippen molar-refractivity contribution in [3.63, 3.8) is 0 Å². The van der Waals surface area contributed by atoms with E-state index in [9.17, 15) is 4.39 Å². The highest BCUT2D eigenvalue weighted by Gasteiger charge is 2.24. The minimum atomic E-state index is -0.235. The molecule has 1 aliphatic heterocycles. The van der Waals surface area contributed by atoms with Gasteiger partial charge >= 0.3 is 0 Å². The summed E-state index contributed by atoms with van der Waals surface area (Å²) in [5, 5.41) is 3.13. The molecule has 2 aromatic rings. The van der Waals surface area contributed by atoms with Crippen molar-refractivity contribution in [2.24, 2.45) is 5.73 Å². The molecule has 1 aliphatic rings. The molecule has 104 valence electrons. The summed E-state index contributed by atoms with van der Waals surface area (Å²) in [6.07, 6.45) is 1.72. The van der Waals surface area contributed by atoms with Crippen LogP contribution in [0.15, 0.2) is 36.5 Å². The number of anilines is 2. The van der Waals surface area contributed by atoms with Crippen LogP contribution < -0.4 is 16.0 Å². The Morgan fingerprint density at radius 2 is 2.00 bits per heavy atom. The van der Waals surface area contributed by atoms with Crippen molar-refractivity contribution in [2.45, 2.75) is 12.6 Å². The van der Waals surface area contributed by atoms with Crippen LogP contribution in [-0.2, 0) is 6.54 Å². The lowest BCUT2D eigenvalue weighted by atomic mass is 10.1. The number of aromatic nitrogens is 2. The fourth-order valence-electron chi connectivity index (χ4n) is 2.09. The van der Waals surface area contributed by atoms with Crippen LogP contribution >= 0.6 is 0 Å². The van der Waals surface area contributed by atoms with Crippen LogP contribution in [0.4, 0.5) is 16.2 Å². The van der Waals surface area contributed by atoms with Gasteiger partial charge in [-0.05, 0) is 23.8 Å². The smallest absolute Gasteiger partial charge is 0.224 e. The van der Waals surface area contributed by atoms with E-state index in [-0.39, 0.29) is 11.9 Å². The molecule has 0 aliphatic carbocycles. The molecule has 3 N–H and O–H groups in total. The molecule has 5 nitrogen and oxygen atoms in total. The first kappa shape index (κ1) is 12.8. The number of nitrogens with two attached hydrogens (primary N) is 1. The summed E-state index contributed by atoms with van der Waals surface area (Å²) in [7, 11) is 0. The lowest BCUT2D eigenvalue weighted by Gasteiger charge is -2.37. The van der Waals surface area contributed by atoms with Gasteiger partial charge in [0, 0.05) is 31.9 Å². The molecule has 0 amide bonds. The second kappa shape index (κ2) is 5.42. The molecule has 1 saturated heterocycles. The molecule has 0 bridgehead atoms. The number of nitrogens with zero attached hydrogens (tertiary/aromatic N) is 3. The fourth-order valence-corrected chi connectivity index (χ4v) is 2.09. The first-order chi connectivity index (χ1) is 9.70. The van der Waals surface area contributed by atoms with Crippen LogP contribution in [0.3, 0.4) is 0 Å². The standard InChI is InChI=1S/C14H16FN5/c15-11-3-1-10(2-4-11)7-18-14-17-6-5-13(19-14)20-8-12(16)9-20/h1-6,12H,7-9,16H2,(H,17,18,19). The second-order valence-electron chi connectivity index (χ2n) is 4.88. The first-order valence-corrected chi connectivity index (χ1v) is 6.52. The number of hydrogen-bond donors (Lipinski definition) is 2. The topological polar surface area (TPSA) is 67.1 Å². The maximum absolute atomic E-state index is 12.8. The maximum atomic E-state index is 12.8. The fraction of sp³-hybridized carbons (Fsp3) is 0.286. The summed E-state index contributed by atoms with van der Waals surface area (Å²) in [6.45, 7) is 2.21. The predicted molar refractivity (Wildman–Crippen MR) is 75.9 cm³/mol. The molecule has 0 atom stereocenters. The first-order valence-electron chi connectivity index (χ1n) is 6.52. The summed E-state index contributed by atoms with van der Waals surface area (Å²) in [6, 6.07) is 8.46. The quantitative estimate of drug-likeness (QED) is 0.881. The third kappa shape index (κ3) is 2.85. The van der Waals surface area contributed by atoms with Crippen LogP contribution in [0.1, 0.15) is 5.56 Å². The third-order valence-electron chi connectivity index (χ3n) is 3.24. The average molecular weight is 273 g/mol. The lowest BCUT2D eigenvalue weighted by molar-refractivity contribution is 0.514. The summed E-state index contributed by atoms with van der Waals surface area (Å²) >= 11 is 0. The van der Waals surface area contributed by atoms with Crippen molar-refractivity contribution in [3.05, 3.63) is 47.9 Å². The van der Waals surface area contributed by atoms with Crippen LogP contribution in [0.25, 0.3) is 0 Å².